The Labute approximate surface area is 188 Å². The minimum absolute atomic E-state index is 0.361. The maximum Gasteiger partial charge on any atom is 0.397 e. The molecule has 182 valence electrons. The van der Waals surface area contributed by atoms with Crippen LogP contribution >= 0.6 is 0 Å². The van der Waals surface area contributed by atoms with Gasteiger partial charge >= 0.3 is 10.4 Å². The summed E-state index contributed by atoms with van der Waals surface area (Å²) in [5.41, 5.74) is 0. The first-order chi connectivity index (χ1) is 14.4. The summed E-state index contributed by atoms with van der Waals surface area (Å²) in [6, 6.07) is 0. The zero-order valence-electron chi connectivity index (χ0n) is 20.4. The molecule has 2 unspecified atom stereocenters. The van der Waals surface area contributed by atoms with Gasteiger partial charge in [0.25, 0.3) is 0 Å². The lowest BCUT2D eigenvalue weighted by molar-refractivity contribution is 0.157. The second kappa shape index (κ2) is 20.8. The monoisotopic (exact) mass is 448 g/mol. The van der Waals surface area contributed by atoms with Crippen molar-refractivity contribution in [2.75, 3.05) is 0 Å². The molecule has 0 radical (unpaired) electrons. The van der Waals surface area contributed by atoms with Gasteiger partial charge in [0, 0.05) is 0 Å². The first-order valence-corrected chi connectivity index (χ1v) is 14.4. The van der Waals surface area contributed by atoms with Gasteiger partial charge in [-0.3, -0.25) is 4.55 Å². The third-order valence-electron chi connectivity index (χ3n) is 6.31. The fourth-order valence-corrected chi connectivity index (χ4v) is 4.58. The van der Waals surface area contributed by atoms with Gasteiger partial charge in [-0.1, -0.05) is 136 Å². The fraction of sp³-hybridized carbons (Fsp3) is 1.00. The van der Waals surface area contributed by atoms with Crippen molar-refractivity contribution in [2.45, 2.75) is 155 Å². The van der Waals surface area contributed by atoms with Crippen molar-refractivity contribution >= 4 is 10.4 Å². The van der Waals surface area contributed by atoms with Crippen molar-refractivity contribution < 1.29 is 17.2 Å². The molecule has 0 aliphatic heterocycles. The molecule has 0 aliphatic rings. The summed E-state index contributed by atoms with van der Waals surface area (Å²) >= 11 is 0. The molecular formula is C25H52O4S. The van der Waals surface area contributed by atoms with Crippen molar-refractivity contribution in [3.63, 3.8) is 0 Å². The van der Waals surface area contributed by atoms with Gasteiger partial charge in [-0.2, -0.15) is 8.42 Å². The van der Waals surface area contributed by atoms with Crippen LogP contribution in [0.15, 0.2) is 0 Å². The van der Waals surface area contributed by atoms with Crippen LogP contribution in [-0.4, -0.2) is 19.1 Å². The van der Waals surface area contributed by atoms with Crippen LogP contribution in [-0.2, 0) is 14.6 Å². The van der Waals surface area contributed by atoms with Crippen LogP contribution in [0.5, 0.6) is 0 Å². The van der Waals surface area contributed by atoms with Crippen LogP contribution in [0.3, 0.4) is 0 Å². The standard InChI is InChI=1S/C25H52O4S/c1-4-6-7-8-9-13-16-19-22-25(29-30(26,27)28)23-20-17-14-11-10-12-15-18-21-24(3)5-2/h24-25H,4-23H2,1-3H3,(H,26,27,28). The Balaban J connectivity index is 3.73. The lowest BCUT2D eigenvalue weighted by Crippen LogP contribution is -2.18. The van der Waals surface area contributed by atoms with E-state index in [-0.39, 0.29) is 6.10 Å². The summed E-state index contributed by atoms with van der Waals surface area (Å²) in [5, 5.41) is 0. The third-order valence-corrected chi connectivity index (χ3v) is 6.82. The summed E-state index contributed by atoms with van der Waals surface area (Å²) in [7, 11) is -4.35. The van der Waals surface area contributed by atoms with Crippen molar-refractivity contribution in [3.8, 4) is 0 Å². The fourth-order valence-electron chi connectivity index (χ4n) is 4.05. The number of hydrogen-bond donors (Lipinski definition) is 1. The topological polar surface area (TPSA) is 63.6 Å². The van der Waals surface area contributed by atoms with Crippen molar-refractivity contribution in [2.24, 2.45) is 5.92 Å². The molecule has 30 heavy (non-hydrogen) atoms. The predicted molar refractivity (Wildman–Crippen MR) is 129 cm³/mol. The van der Waals surface area contributed by atoms with E-state index in [0.717, 1.165) is 44.4 Å². The molecular weight excluding hydrogens is 396 g/mol. The molecule has 5 heteroatoms. The molecule has 0 aromatic heterocycles. The third kappa shape index (κ3) is 22.6. The normalized spacial score (nSPS) is 14.1. The molecule has 2 atom stereocenters. The smallest absolute Gasteiger partial charge is 0.264 e. The Morgan fingerprint density at radius 1 is 0.633 bits per heavy atom. The lowest BCUT2D eigenvalue weighted by atomic mass is 9.99. The van der Waals surface area contributed by atoms with E-state index in [1.165, 1.54) is 89.9 Å². The van der Waals surface area contributed by atoms with Crippen molar-refractivity contribution in [3.05, 3.63) is 0 Å². The molecule has 0 heterocycles. The Morgan fingerprint density at radius 2 is 1.00 bits per heavy atom. The van der Waals surface area contributed by atoms with E-state index in [1.54, 1.807) is 0 Å². The lowest BCUT2D eigenvalue weighted by Gasteiger charge is -2.15. The summed E-state index contributed by atoms with van der Waals surface area (Å²) in [6.45, 7) is 6.84. The maximum atomic E-state index is 11.1. The molecule has 1 N–H and O–H groups in total. The quantitative estimate of drug-likeness (QED) is 0.125. The minimum atomic E-state index is -4.35. The zero-order chi connectivity index (χ0) is 22.5. The van der Waals surface area contributed by atoms with Crippen LogP contribution in [0, 0.1) is 5.92 Å². The largest absolute Gasteiger partial charge is 0.397 e. The summed E-state index contributed by atoms with van der Waals surface area (Å²) in [4.78, 5) is 0. The van der Waals surface area contributed by atoms with Gasteiger partial charge in [-0.15, -0.1) is 0 Å². The van der Waals surface area contributed by atoms with Gasteiger partial charge in [0.05, 0.1) is 6.10 Å². The van der Waals surface area contributed by atoms with Gasteiger partial charge in [0.15, 0.2) is 0 Å². The molecule has 0 spiro atoms. The van der Waals surface area contributed by atoms with E-state index in [9.17, 15) is 8.42 Å². The Kier molecular flexibility index (Phi) is 20.7. The SMILES string of the molecule is CCCCCCCCCCC(CCCCCCCCCCC(C)CC)OS(=O)(=O)O. The van der Waals surface area contributed by atoms with Crippen LogP contribution in [0.25, 0.3) is 0 Å². The molecule has 4 nitrogen and oxygen atoms in total. The molecule has 0 aromatic rings. The van der Waals surface area contributed by atoms with E-state index >= 15 is 0 Å². The highest BCUT2D eigenvalue weighted by atomic mass is 32.3. The molecule has 0 rings (SSSR count). The van der Waals surface area contributed by atoms with Gasteiger partial charge in [0.2, 0.25) is 0 Å². The molecule has 0 saturated heterocycles. The Morgan fingerprint density at radius 3 is 1.37 bits per heavy atom. The first kappa shape index (κ1) is 29.9. The number of rotatable bonds is 23. The van der Waals surface area contributed by atoms with E-state index in [1.807, 2.05) is 0 Å². The van der Waals surface area contributed by atoms with Gasteiger partial charge in [0.1, 0.15) is 0 Å². The number of unbranched alkanes of at least 4 members (excludes halogenated alkanes) is 14. The molecule has 0 aromatic carbocycles. The van der Waals surface area contributed by atoms with Gasteiger partial charge in [-0.05, 0) is 18.8 Å². The molecule has 0 fully saturated rings. The maximum absolute atomic E-state index is 11.1. The van der Waals surface area contributed by atoms with Crippen LogP contribution < -0.4 is 0 Å². The van der Waals surface area contributed by atoms with Crippen LogP contribution in [0.4, 0.5) is 0 Å². The van der Waals surface area contributed by atoms with Gasteiger partial charge in [-0.25, -0.2) is 4.18 Å². The Bertz CT molecular complexity index is 450. The minimum Gasteiger partial charge on any atom is -0.264 e. The average Bonchev–Trinajstić information content (AvgIpc) is 2.69. The highest BCUT2D eigenvalue weighted by molar-refractivity contribution is 7.80. The van der Waals surface area contributed by atoms with Gasteiger partial charge < -0.3 is 0 Å². The van der Waals surface area contributed by atoms with Crippen molar-refractivity contribution in [1.29, 1.82) is 0 Å². The summed E-state index contributed by atoms with van der Waals surface area (Å²) in [6.07, 6.45) is 23.5. The van der Waals surface area contributed by atoms with Crippen LogP contribution in [0.2, 0.25) is 0 Å². The van der Waals surface area contributed by atoms with E-state index < -0.39 is 10.4 Å². The zero-order valence-corrected chi connectivity index (χ0v) is 21.2. The highest BCUT2D eigenvalue weighted by Gasteiger charge is 2.16. The average molecular weight is 449 g/mol. The predicted octanol–water partition coefficient (Wildman–Crippen LogP) is 8.65. The molecule has 0 aliphatic carbocycles. The van der Waals surface area contributed by atoms with E-state index in [2.05, 4.69) is 20.8 Å². The van der Waals surface area contributed by atoms with Crippen molar-refractivity contribution in [1.82, 2.24) is 0 Å². The molecule has 0 saturated carbocycles. The van der Waals surface area contributed by atoms with E-state index in [0.29, 0.717) is 0 Å². The summed E-state index contributed by atoms with van der Waals surface area (Å²) in [5.74, 6) is 0.869. The molecule has 0 bridgehead atoms. The second-order valence-electron chi connectivity index (χ2n) is 9.33. The second-order valence-corrected chi connectivity index (χ2v) is 10.4. The highest BCUT2D eigenvalue weighted by Crippen LogP contribution is 2.19. The number of hydrogen-bond acceptors (Lipinski definition) is 3. The molecule has 0 amide bonds. The summed E-state index contributed by atoms with van der Waals surface area (Å²) < 4.78 is 36.2. The Hall–Kier alpha value is -0.130. The first-order valence-electron chi connectivity index (χ1n) is 13.0. The van der Waals surface area contributed by atoms with E-state index in [4.69, 9.17) is 8.74 Å². The van der Waals surface area contributed by atoms with Crippen LogP contribution in [0.1, 0.15) is 149 Å².